The first-order chi connectivity index (χ1) is 10.2. The van der Waals surface area contributed by atoms with Crippen LogP contribution >= 0.6 is 11.3 Å². The Labute approximate surface area is 130 Å². The highest BCUT2D eigenvalue weighted by Gasteiger charge is 2.23. The Hall–Kier alpha value is -1.14. The largest absolute Gasteiger partial charge is 0.345 e. The summed E-state index contributed by atoms with van der Waals surface area (Å²) >= 11 is 1.70. The van der Waals surface area contributed by atoms with E-state index in [1.165, 1.54) is 6.42 Å². The van der Waals surface area contributed by atoms with Crippen molar-refractivity contribution >= 4 is 22.4 Å². The molecule has 2 aliphatic heterocycles. The summed E-state index contributed by atoms with van der Waals surface area (Å²) in [5, 5.41) is 6.54. The summed E-state index contributed by atoms with van der Waals surface area (Å²) in [5.74, 6) is 1.03. The second-order valence-electron chi connectivity index (χ2n) is 6.04. The lowest BCUT2D eigenvalue weighted by molar-refractivity contribution is -0.131. The van der Waals surface area contributed by atoms with Gasteiger partial charge < -0.3 is 15.1 Å². The SMILES string of the molecule is Cc1csc(N2CCN(C(=O)CCC3CCNC3)CC2)n1. The summed E-state index contributed by atoms with van der Waals surface area (Å²) < 4.78 is 0. The minimum absolute atomic E-state index is 0.330. The molecule has 3 heterocycles. The fourth-order valence-electron chi connectivity index (χ4n) is 3.08. The predicted molar refractivity (Wildman–Crippen MR) is 85.9 cm³/mol. The van der Waals surface area contributed by atoms with E-state index in [1.54, 1.807) is 11.3 Å². The van der Waals surface area contributed by atoms with Gasteiger partial charge in [-0.3, -0.25) is 4.79 Å². The zero-order chi connectivity index (χ0) is 14.7. The lowest BCUT2D eigenvalue weighted by atomic mass is 10.0. The second kappa shape index (κ2) is 6.75. The number of aryl methyl sites for hydroxylation is 1. The quantitative estimate of drug-likeness (QED) is 0.915. The second-order valence-corrected chi connectivity index (χ2v) is 6.87. The number of hydrogen-bond acceptors (Lipinski definition) is 5. The van der Waals surface area contributed by atoms with Crippen molar-refractivity contribution in [2.75, 3.05) is 44.2 Å². The molecule has 116 valence electrons. The molecule has 2 saturated heterocycles. The van der Waals surface area contributed by atoms with Crippen LogP contribution in [0.1, 0.15) is 25.0 Å². The Kier molecular flexibility index (Phi) is 4.75. The molecule has 3 rings (SSSR count). The lowest BCUT2D eigenvalue weighted by Gasteiger charge is -2.34. The molecule has 1 aromatic heterocycles. The van der Waals surface area contributed by atoms with Gasteiger partial charge in [-0.2, -0.15) is 0 Å². The van der Waals surface area contributed by atoms with Crippen molar-refractivity contribution in [3.05, 3.63) is 11.1 Å². The Bertz CT molecular complexity index is 476. The fraction of sp³-hybridized carbons (Fsp3) is 0.733. The maximum absolute atomic E-state index is 12.3. The zero-order valence-electron chi connectivity index (χ0n) is 12.7. The van der Waals surface area contributed by atoms with Crippen LogP contribution in [-0.2, 0) is 4.79 Å². The molecular weight excluding hydrogens is 284 g/mol. The molecular formula is C15H24N4OS. The molecule has 1 atom stereocenters. The number of piperazine rings is 1. The van der Waals surface area contributed by atoms with E-state index in [4.69, 9.17) is 0 Å². The van der Waals surface area contributed by atoms with Crippen molar-refractivity contribution in [1.82, 2.24) is 15.2 Å². The van der Waals surface area contributed by atoms with Crippen molar-refractivity contribution in [3.8, 4) is 0 Å². The molecule has 2 aliphatic rings. The third-order valence-corrected chi connectivity index (χ3v) is 5.46. The molecule has 0 aromatic carbocycles. The summed E-state index contributed by atoms with van der Waals surface area (Å²) in [6.07, 6.45) is 2.98. The molecule has 21 heavy (non-hydrogen) atoms. The summed E-state index contributed by atoms with van der Waals surface area (Å²) in [6, 6.07) is 0. The van der Waals surface area contributed by atoms with E-state index in [0.717, 1.165) is 56.5 Å². The van der Waals surface area contributed by atoms with Crippen molar-refractivity contribution < 1.29 is 4.79 Å². The van der Waals surface area contributed by atoms with Crippen LogP contribution in [0, 0.1) is 12.8 Å². The fourth-order valence-corrected chi connectivity index (χ4v) is 3.94. The van der Waals surface area contributed by atoms with Crippen LogP contribution in [0.25, 0.3) is 0 Å². The minimum atomic E-state index is 0.330. The van der Waals surface area contributed by atoms with Crippen molar-refractivity contribution in [3.63, 3.8) is 0 Å². The smallest absolute Gasteiger partial charge is 0.222 e. The molecule has 0 radical (unpaired) electrons. The van der Waals surface area contributed by atoms with Crippen LogP contribution in [0.3, 0.4) is 0 Å². The number of hydrogen-bond donors (Lipinski definition) is 1. The number of nitrogens with one attached hydrogen (secondary N) is 1. The molecule has 0 spiro atoms. The van der Waals surface area contributed by atoms with Crippen molar-refractivity contribution in [2.45, 2.75) is 26.2 Å². The van der Waals surface area contributed by atoms with E-state index in [-0.39, 0.29) is 0 Å². The molecule has 1 unspecified atom stereocenters. The molecule has 1 amide bonds. The van der Waals surface area contributed by atoms with Gasteiger partial charge in [0.05, 0.1) is 5.69 Å². The lowest BCUT2D eigenvalue weighted by Crippen LogP contribution is -2.48. The monoisotopic (exact) mass is 308 g/mol. The van der Waals surface area contributed by atoms with Gasteiger partial charge in [-0.15, -0.1) is 11.3 Å². The average molecular weight is 308 g/mol. The number of thiazole rings is 1. The number of nitrogens with zero attached hydrogens (tertiary/aromatic N) is 3. The molecule has 0 bridgehead atoms. The van der Waals surface area contributed by atoms with E-state index in [2.05, 4.69) is 20.6 Å². The van der Waals surface area contributed by atoms with E-state index in [9.17, 15) is 4.79 Å². The summed E-state index contributed by atoms with van der Waals surface area (Å²) in [4.78, 5) is 21.1. The number of carbonyl (C=O) groups excluding carboxylic acids is 1. The first-order valence-corrected chi connectivity index (χ1v) is 8.76. The Balaban J connectivity index is 1.43. The Morgan fingerprint density at radius 3 is 2.86 bits per heavy atom. The first-order valence-electron chi connectivity index (χ1n) is 7.88. The highest BCUT2D eigenvalue weighted by molar-refractivity contribution is 7.13. The first kappa shape index (κ1) is 14.8. The van der Waals surface area contributed by atoms with Gasteiger partial charge in [-0.25, -0.2) is 4.98 Å². The van der Waals surface area contributed by atoms with Gasteiger partial charge in [-0.05, 0) is 38.8 Å². The predicted octanol–water partition coefficient (Wildman–Crippen LogP) is 1.49. The van der Waals surface area contributed by atoms with Crippen LogP contribution in [0.5, 0.6) is 0 Å². The number of rotatable bonds is 4. The molecule has 0 saturated carbocycles. The van der Waals surface area contributed by atoms with Gasteiger partial charge in [-0.1, -0.05) is 0 Å². The van der Waals surface area contributed by atoms with E-state index in [0.29, 0.717) is 18.2 Å². The van der Waals surface area contributed by atoms with Crippen molar-refractivity contribution in [2.24, 2.45) is 5.92 Å². The van der Waals surface area contributed by atoms with E-state index in [1.807, 2.05) is 11.8 Å². The molecule has 2 fully saturated rings. The van der Waals surface area contributed by atoms with Gasteiger partial charge >= 0.3 is 0 Å². The zero-order valence-corrected chi connectivity index (χ0v) is 13.5. The van der Waals surface area contributed by atoms with Gasteiger partial charge in [0, 0.05) is 38.0 Å². The molecule has 1 aromatic rings. The third-order valence-electron chi connectivity index (χ3n) is 4.44. The van der Waals surface area contributed by atoms with Gasteiger partial charge in [0.25, 0.3) is 0 Å². The van der Waals surface area contributed by atoms with Gasteiger partial charge in [0.15, 0.2) is 5.13 Å². The summed E-state index contributed by atoms with van der Waals surface area (Å²) in [7, 11) is 0. The third kappa shape index (κ3) is 3.74. The van der Waals surface area contributed by atoms with Crippen molar-refractivity contribution in [1.29, 1.82) is 0 Å². The van der Waals surface area contributed by atoms with Crippen LogP contribution in [0.15, 0.2) is 5.38 Å². The molecule has 0 aliphatic carbocycles. The maximum Gasteiger partial charge on any atom is 0.222 e. The van der Waals surface area contributed by atoms with E-state index >= 15 is 0 Å². The highest BCUT2D eigenvalue weighted by atomic mass is 32.1. The topological polar surface area (TPSA) is 48.5 Å². The maximum atomic E-state index is 12.3. The number of anilines is 1. The highest BCUT2D eigenvalue weighted by Crippen LogP contribution is 2.22. The summed E-state index contributed by atoms with van der Waals surface area (Å²) in [5.41, 5.74) is 1.08. The number of carbonyl (C=O) groups is 1. The Morgan fingerprint density at radius 2 is 2.24 bits per heavy atom. The minimum Gasteiger partial charge on any atom is -0.345 e. The summed E-state index contributed by atoms with van der Waals surface area (Å²) in [6.45, 7) is 7.71. The average Bonchev–Trinajstić information content (AvgIpc) is 3.16. The molecule has 6 heteroatoms. The standard InChI is InChI=1S/C15H24N4OS/c1-12-11-21-15(17-12)19-8-6-18(7-9-19)14(20)3-2-13-4-5-16-10-13/h11,13,16H,2-10H2,1H3. The van der Waals surface area contributed by atoms with Gasteiger partial charge in [0.2, 0.25) is 5.91 Å². The number of amides is 1. The van der Waals surface area contributed by atoms with Crippen LogP contribution in [0.4, 0.5) is 5.13 Å². The van der Waals surface area contributed by atoms with E-state index < -0.39 is 0 Å². The van der Waals surface area contributed by atoms with Crippen LogP contribution in [-0.4, -0.2) is 55.1 Å². The molecule has 1 N–H and O–H groups in total. The van der Waals surface area contributed by atoms with Crippen LogP contribution in [0.2, 0.25) is 0 Å². The normalized spacial score (nSPS) is 22.8. The Morgan fingerprint density at radius 1 is 1.43 bits per heavy atom. The molecule has 5 nitrogen and oxygen atoms in total. The van der Waals surface area contributed by atoms with Crippen LogP contribution < -0.4 is 10.2 Å². The van der Waals surface area contributed by atoms with Gasteiger partial charge in [0.1, 0.15) is 0 Å². The number of aromatic nitrogens is 1.